The Labute approximate surface area is 151 Å². The van der Waals surface area contributed by atoms with E-state index in [1.165, 1.54) is 83.5 Å². The Morgan fingerprint density at radius 2 is 1.67 bits per heavy atom. The van der Waals surface area contributed by atoms with E-state index in [0.29, 0.717) is 6.10 Å². The summed E-state index contributed by atoms with van der Waals surface area (Å²) in [6.45, 7) is 5.42. The highest BCUT2D eigenvalue weighted by Crippen LogP contribution is 2.20. The molecule has 0 N–H and O–H groups in total. The molecule has 0 aromatic rings. The minimum Gasteiger partial charge on any atom is -0.353 e. The molecule has 24 heavy (non-hydrogen) atoms. The fraction of sp³-hybridized carbons (Fsp3) is 0.909. The van der Waals surface area contributed by atoms with Crippen molar-refractivity contribution in [2.45, 2.75) is 123 Å². The molecule has 0 spiro atoms. The fourth-order valence-corrected chi connectivity index (χ4v) is 3.30. The highest BCUT2D eigenvalue weighted by molar-refractivity contribution is 4.85. The Kier molecular flexibility index (Phi) is 14.6. The summed E-state index contributed by atoms with van der Waals surface area (Å²) in [5.74, 6) is 0. The van der Waals surface area contributed by atoms with Crippen LogP contribution in [0.25, 0.3) is 0 Å². The van der Waals surface area contributed by atoms with E-state index in [4.69, 9.17) is 9.47 Å². The Hall–Kier alpha value is -0.340. The molecule has 0 amide bonds. The highest BCUT2D eigenvalue weighted by Gasteiger charge is 2.18. The number of rotatable bonds is 15. The van der Waals surface area contributed by atoms with Gasteiger partial charge >= 0.3 is 0 Å². The van der Waals surface area contributed by atoms with Crippen LogP contribution in [-0.4, -0.2) is 19.0 Å². The average Bonchev–Trinajstić information content (AvgIpc) is 2.61. The molecular weight excluding hydrogens is 296 g/mol. The van der Waals surface area contributed by atoms with Crippen LogP contribution in [0.3, 0.4) is 0 Å². The third-order valence-electron chi connectivity index (χ3n) is 4.90. The molecule has 1 aliphatic rings. The summed E-state index contributed by atoms with van der Waals surface area (Å²) in [5.41, 5.74) is 0. The summed E-state index contributed by atoms with van der Waals surface area (Å²) >= 11 is 0. The van der Waals surface area contributed by atoms with Gasteiger partial charge in [-0.05, 0) is 44.9 Å². The first-order valence-corrected chi connectivity index (χ1v) is 10.8. The summed E-state index contributed by atoms with van der Waals surface area (Å²) in [6.07, 6.45) is 24.2. The zero-order valence-electron chi connectivity index (χ0n) is 16.4. The third-order valence-corrected chi connectivity index (χ3v) is 4.90. The van der Waals surface area contributed by atoms with Crippen LogP contribution >= 0.6 is 0 Å². The minimum atomic E-state index is 0.0531. The number of hydrogen-bond acceptors (Lipinski definition) is 2. The van der Waals surface area contributed by atoms with Crippen molar-refractivity contribution < 1.29 is 9.47 Å². The van der Waals surface area contributed by atoms with Crippen molar-refractivity contribution >= 4 is 0 Å². The zero-order valence-corrected chi connectivity index (χ0v) is 16.4. The third kappa shape index (κ3) is 12.1. The van der Waals surface area contributed by atoms with Crippen molar-refractivity contribution in [2.24, 2.45) is 0 Å². The van der Waals surface area contributed by atoms with Gasteiger partial charge in [-0.1, -0.05) is 77.4 Å². The summed E-state index contributed by atoms with van der Waals surface area (Å²) in [5, 5.41) is 0. The topological polar surface area (TPSA) is 18.5 Å². The first-order chi connectivity index (χ1) is 11.9. The fourth-order valence-electron chi connectivity index (χ4n) is 3.30. The van der Waals surface area contributed by atoms with Gasteiger partial charge in [0.2, 0.25) is 0 Å². The largest absolute Gasteiger partial charge is 0.353 e. The molecule has 1 heterocycles. The summed E-state index contributed by atoms with van der Waals surface area (Å²) in [7, 11) is 0. The van der Waals surface area contributed by atoms with Crippen molar-refractivity contribution in [1.29, 1.82) is 0 Å². The van der Waals surface area contributed by atoms with E-state index in [1.54, 1.807) is 0 Å². The van der Waals surface area contributed by atoms with Gasteiger partial charge in [0.1, 0.15) is 0 Å². The first kappa shape index (κ1) is 21.7. The normalized spacial score (nSPS) is 19.8. The monoisotopic (exact) mass is 338 g/mol. The Bertz CT molecular complexity index is 282. The maximum Gasteiger partial charge on any atom is 0.157 e. The predicted molar refractivity (Wildman–Crippen MR) is 104 cm³/mol. The number of unbranched alkanes of at least 4 members (excludes halogenated alkanes) is 8. The van der Waals surface area contributed by atoms with Gasteiger partial charge in [0.25, 0.3) is 0 Å². The predicted octanol–water partition coefficient (Wildman–Crippen LogP) is 7.18. The van der Waals surface area contributed by atoms with Crippen LogP contribution in [0.2, 0.25) is 0 Å². The number of ether oxygens (including phenoxy) is 2. The molecule has 1 unspecified atom stereocenters. The van der Waals surface area contributed by atoms with Gasteiger partial charge in [-0.25, -0.2) is 0 Å². The molecule has 2 nitrogen and oxygen atoms in total. The van der Waals surface area contributed by atoms with Crippen LogP contribution in [-0.2, 0) is 9.47 Å². The van der Waals surface area contributed by atoms with Crippen LogP contribution in [0.5, 0.6) is 0 Å². The molecule has 0 radical (unpaired) electrons. The van der Waals surface area contributed by atoms with Crippen molar-refractivity contribution in [1.82, 2.24) is 0 Å². The maximum absolute atomic E-state index is 6.26. The molecule has 0 bridgehead atoms. The van der Waals surface area contributed by atoms with Crippen LogP contribution in [0, 0.1) is 0 Å². The van der Waals surface area contributed by atoms with Crippen molar-refractivity contribution in [3.63, 3.8) is 0 Å². The second kappa shape index (κ2) is 16.1. The molecule has 1 aliphatic heterocycles. The van der Waals surface area contributed by atoms with E-state index in [2.05, 4.69) is 26.0 Å². The van der Waals surface area contributed by atoms with E-state index in [-0.39, 0.29) is 6.29 Å². The van der Waals surface area contributed by atoms with Crippen LogP contribution in [0.4, 0.5) is 0 Å². The average molecular weight is 339 g/mol. The van der Waals surface area contributed by atoms with E-state index < -0.39 is 0 Å². The second-order valence-corrected chi connectivity index (χ2v) is 7.31. The van der Waals surface area contributed by atoms with Gasteiger partial charge < -0.3 is 9.47 Å². The first-order valence-electron chi connectivity index (χ1n) is 10.8. The molecule has 0 aliphatic carbocycles. The minimum absolute atomic E-state index is 0.0531. The van der Waals surface area contributed by atoms with Crippen molar-refractivity contribution in [3.05, 3.63) is 12.2 Å². The molecular formula is C22H42O2. The Morgan fingerprint density at radius 1 is 0.917 bits per heavy atom. The maximum atomic E-state index is 6.26. The van der Waals surface area contributed by atoms with E-state index in [0.717, 1.165) is 19.4 Å². The Balaban J connectivity index is 2.20. The van der Waals surface area contributed by atoms with Gasteiger partial charge in [-0.15, -0.1) is 0 Å². The quantitative estimate of drug-likeness (QED) is 0.233. The zero-order chi connectivity index (χ0) is 17.3. The molecule has 0 saturated carbocycles. The van der Waals surface area contributed by atoms with E-state index in [1.807, 2.05) is 0 Å². The standard InChI is InChI=1S/C22H42O2/c1-3-5-7-9-10-11-12-14-18-21(17-13-8-6-4-2)24-22-19-15-16-20-23-22/h12,14,21-22H,3-11,13,15-20H2,1-2H3/b14-12-/t21?,22-/m1/s1. The summed E-state index contributed by atoms with van der Waals surface area (Å²) < 4.78 is 12.0. The molecule has 1 rings (SSSR count). The lowest BCUT2D eigenvalue weighted by Crippen LogP contribution is -2.27. The van der Waals surface area contributed by atoms with Crippen molar-refractivity contribution in [3.8, 4) is 0 Å². The molecule has 142 valence electrons. The van der Waals surface area contributed by atoms with Gasteiger partial charge in [0.05, 0.1) is 6.10 Å². The van der Waals surface area contributed by atoms with Gasteiger partial charge in [-0.3, -0.25) is 0 Å². The lowest BCUT2D eigenvalue weighted by Gasteiger charge is -2.27. The van der Waals surface area contributed by atoms with Crippen LogP contribution in [0.1, 0.15) is 110 Å². The lowest BCUT2D eigenvalue weighted by molar-refractivity contribution is -0.188. The lowest BCUT2D eigenvalue weighted by atomic mass is 10.1. The van der Waals surface area contributed by atoms with Crippen molar-refractivity contribution in [2.75, 3.05) is 6.61 Å². The van der Waals surface area contributed by atoms with E-state index in [9.17, 15) is 0 Å². The Morgan fingerprint density at radius 3 is 2.38 bits per heavy atom. The molecule has 1 fully saturated rings. The number of hydrogen-bond donors (Lipinski definition) is 0. The molecule has 0 aromatic carbocycles. The molecule has 1 saturated heterocycles. The summed E-state index contributed by atoms with van der Waals surface area (Å²) in [4.78, 5) is 0. The van der Waals surface area contributed by atoms with Crippen LogP contribution < -0.4 is 0 Å². The number of allylic oxidation sites excluding steroid dienone is 1. The second-order valence-electron chi connectivity index (χ2n) is 7.31. The van der Waals surface area contributed by atoms with Crippen LogP contribution in [0.15, 0.2) is 12.2 Å². The highest BCUT2D eigenvalue weighted by atomic mass is 16.7. The van der Waals surface area contributed by atoms with Gasteiger partial charge in [-0.2, -0.15) is 0 Å². The SMILES string of the molecule is CCCCCCC/C=C\CC(CCCCCC)O[C@@H]1CCCCO1. The molecule has 0 aromatic heterocycles. The smallest absolute Gasteiger partial charge is 0.157 e. The molecule has 2 heteroatoms. The summed E-state index contributed by atoms with van der Waals surface area (Å²) in [6, 6.07) is 0. The van der Waals surface area contributed by atoms with Gasteiger partial charge in [0.15, 0.2) is 6.29 Å². The van der Waals surface area contributed by atoms with E-state index >= 15 is 0 Å². The van der Waals surface area contributed by atoms with Gasteiger partial charge in [0, 0.05) is 6.61 Å². The molecule has 2 atom stereocenters.